The molecule has 9 nitrogen and oxygen atoms in total. The Hall–Kier alpha value is -3.69. The van der Waals surface area contributed by atoms with Crippen LogP contribution < -0.4 is 14.7 Å². The molecule has 47 heavy (non-hydrogen) atoms. The van der Waals surface area contributed by atoms with Crippen molar-refractivity contribution in [2.24, 2.45) is 5.41 Å². The van der Waals surface area contributed by atoms with Crippen LogP contribution in [0.25, 0.3) is 11.1 Å². The molecule has 0 amide bonds. The summed E-state index contributed by atoms with van der Waals surface area (Å²) in [5, 5.41) is 18.4. The van der Waals surface area contributed by atoms with Gasteiger partial charge in [-0.3, -0.25) is 9.78 Å². The van der Waals surface area contributed by atoms with Gasteiger partial charge in [0, 0.05) is 79.7 Å². The number of hydrogen-bond acceptors (Lipinski definition) is 8. The van der Waals surface area contributed by atoms with E-state index < -0.39 is 11.6 Å². The second kappa shape index (κ2) is 14.2. The van der Waals surface area contributed by atoms with Crippen molar-refractivity contribution in [3.63, 3.8) is 0 Å². The lowest BCUT2D eigenvalue weighted by Gasteiger charge is -2.40. The number of carbonyl (C=O) groups is 1. The van der Waals surface area contributed by atoms with Gasteiger partial charge in [-0.15, -0.1) is 0 Å². The van der Waals surface area contributed by atoms with E-state index in [0.717, 1.165) is 111 Å². The summed E-state index contributed by atoms with van der Waals surface area (Å²) in [6.45, 7) is 20.8. The molecule has 0 spiro atoms. The van der Waals surface area contributed by atoms with E-state index in [-0.39, 0.29) is 6.42 Å². The maximum atomic E-state index is 12.0. The highest BCUT2D eigenvalue weighted by Gasteiger charge is 2.31. The van der Waals surface area contributed by atoms with Crippen molar-refractivity contribution in [3.05, 3.63) is 64.6 Å². The number of nitrogens with zero attached hydrogens (tertiary/aromatic N) is 5. The molecular weight excluding hydrogens is 590 g/mol. The number of aliphatic carboxylic acids is 1. The molecule has 2 aromatic heterocycles. The number of rotatable bonds is 6. The minimum Gasteiger partial charge on any atom is -0.481 e. The standard InChI is InChI=1S/C34H43N5O3.C4H10O/c1-23-29(21-31(40)41)33(38-13-9-34(3,4)10-14-38)32(24(2)36-23)26-5-6-27-22-39(12-8-25(27)19-26)30-20-28(7-11-35-30)37-15-17-42-18-16-37;1-4(2,3)5/h5-7,11,19-20H,8-10,12-18,21-22H2,1-4H3,(H,40,41);5H,1-3H3. The predicted molar refractivity (Wildman–Crippen MR) is 190 cm³/mol. The molecule has 0 unspecified atom stereocenters. The number of piperidine rings is 1. The van der Waals surface area contributed by atoms with E-state index in [9.17, 15) is 9.90 Å². The van der Waals surface area contributed by atoms with Crippen molar-refractivity contribution >= 4 is 23.2 Å². The minimum absolute atomic E-state index is 0.0161. The summed E-state index contributed by atoms with van der Waals surface area (Å²) in [5.74, 6) is 0.200. The molecule has 0 atom stereocenters. The molecule has 0 aliphatic carbocycles. The highest BCUT2D eigenvalue weighted by Crippen LogP contribution is 2.42. The Bertz CT molecular complexity index is 1560. The predicted octanol–water partition coefficient (Wildman–Crippen LogP) is 6.19. The van der Waals surface area contributed by atoms with Gasteiger partial charge in [-0.2, -0.15) is 0 Å². The molecule has 254 valence electrons. The number of pyridine rings is 2. The lowest BCUT2D eigenvalue weighted by atomic mass is 9.82. The number of fused-ring (bicyclic) bond motifs is 1. The minimum atomic E-state index is -0.815. The number of ether oxygens (including phenoxy) is 1. The number of benzene rings is 1. The summed E-state index contributed by atoms with van der Waals surface area (Å²) in [7, 11) is 0. The smallest absolute Gasteiger partial charge is 0.307 e. The maximum absolute atomic E-state index is 12.0. The zero-order valence-electron chi connectivity index (χ0n) is 29.4. The van der Waals surface area contributed by atoms with Crippen molar-refractivity contribution in [1.82, 2.24) is 9.97 Å². The van der Waals surface area contributed by atoms with E-state index in [1.165, 1.54) is 16.8 Å². The molecule has 3 aliphatic rings. The van der Waals surface area contributed by atoms with Gasteiger partial charge in [0.15, 0.2) is 0 Å². The Labute approximate surface area is 280 Å². The van der Waals surface area contributed by atoms with Gasteiger partial charge in [0.25, 0.3) is 0 Å². The lowest BCUT2D eigenvalue weighted by molar-refractivity contribution is -0.136. The van der Waals surface area contributed by atoms with Gasteiger partial charge in [0.1, 0.15) is 5.82 Å². The number of aliphatic hydroxyl groups is 1. The first-order valence-corrected chi connectivity index (χ1v) is 17.0. The fraction of sp³-hybridized carbons (Fsp3) is 0.553. The number of carboxylic acids is 1. The Kier molecular flexibility index (Phi) is 10.5. The van der Waals surface area contributed by atoms with Crippen molar-refractivity contribution in [2.45, 2.75) is 86.3 Å². The van der Waals surface area contributed by atoms with Crippen LogP contribution in [-0.2, 0) is 28.9 Å². The van der Waals surface area contributed by atoms with Crippen molar-refractivity contribution in [1.29, 1.82) is 0 Å². The van der Waals surface area contributed by atoms with Crippen LogP contribution in [0.3, 0.4) is 0 Å². The van der Waals surface area contributed by atoms with Crippen molar-refractivity contribution < 1.29 is 19.7 Å². The number of hydrogen-bond donors (Lipinski definition) is 2. The van der Waals surface area contributed by atoms with Gasteiger partial charge in [-0.05, 0) is 82.1 Å². The second-order valence-electron chi connectivity index (χ2n) is 15.0. The molecule has 6 rings (SSSR count). The van der Waals surface area contributed by atoms with Gasteiger partial charge in [-0.25, -0.2) is 4.98 Å². The normalized spacial score (nSPS) is 17.9. The Morgan fingerprint density at radius 3 is 2.26 bits per heavy atom. The number of aromatic nitrogens is 2. The van der Waals surface area contributed by atoms with E-state index >= 15 is 0 Å². The average molecular weight is 644 g/mol. The molecule has 2 N–H and O–H groups in total. The number of anilines is 3. The number of aryl methyl sites for hydroxylation is 2. The van der Waals surface area contributed by atoms with Crippen LogP contribution in [0, 0.1) is 19.3 Å². The maximum Gasteiger partial charge on any atom is 0.307 e. The highest BCUT2D eigenvalue weighted by molar-refractivity contribution is 5.86. The topological polar surface area (TPSA) is 102 Å². The number of carboxylic acid groups (broad SMARTS) is 1. The lowest BCUT2D eigenvalue weighted by Crippen LogP contribution is -2.38. The quantitative estimate of drug-likeness (QED) is 0.326. The van der Waals surface area contributed by atoms with E-state index in [1.54, 1.807) is 20.8 Å². The Balaban J connectivity index is 0.000000807. The summed E-state index contributed by atoms with van der Waals surface area (Å²) in [6, 6.07) is 11.1. The van der Waals surface area contributed by atoms with E-state index in [0.29, 0.717) is 5.41 Å². The second-order valence-corrected chi connectivity index (χ2v) is 15.0. The van der Waals surface area contributed by atoms with Crippen LogP contribution in [-0.4, -0.2) is 77.7 Å². The van der Waals surface area contributed by atoms with Crippen molar-refractivity contribution in [3.8, 4) is 11.1 Å². The fourth-order valence-corrected chi connectivity index (χ4v) is 6.76. The number of morpholine rings is 1. The third-order valence-electron chi connectivity index (χ3n) is 9.35. The first-order chi connectivity index (χ1) is 22.2. The van der Waals surface area contributed by atoms with Crippen LogP contribution in [0.1, 0.15) is 75.5 Å². The fourth-order valence-electron chi connectivity index (χ4n) is 6.76. The molecule has 1 aromatic carbocycles. The van der Waals surface area contributed by atoms with Crippen LogP contribution in [0.5, 0.6) is 0 Å². The van der Waals surface area contributed by atoms with E-state index in [2.05, 4.69) is 65.8 Å². The van der Waals surface area contributed by atoms with Crippen LogP contribution in [0.4, 0.5) is 17.2 Å². The van der Waals surface area contributed by atoms with Crippen LogP contribution in [0.2, 0.25) is 0 Å². The van der Waals surface area contributed by atoms with Crippen LogP contribution >= 0.6 is 0 Å². The summed E-state index contributed by atoms with van der Waals surface area (Å²) in [4.78, 5) is 28.8. The molecule has 0 radical (unpaired) electrons. The van der Waals surface area contributed by atoms with Gasteiger partial charge >= 0.3 is 5.97 Å². The Morgan fingerprint density at radius 1 is 0.915 bits per heavy atom. The molecule has 3 aliphatic heterocycles. The molecule has 2 saturated heterocycles. The van der Waals surface area contributed by atoms with Crippen LogP contribution in [0.15, 0.2) is 36.5 Å². The van der Waals surface area contributed by atoms with Crippen molar-refractivity contribution in [2.75, 3.05) is 60.6 Å². The van der Waals surface area contributed by atoms with Gasteiger partial charge in [0.2, 0.25) is 0 Å². The zero-order chi connectivity index (χ0) is 33.9. The average Bonchev–Trinajstić information content (AvgIpc) is 3.01. The molecule has 9 heteroatoms. The SMILES string of the molecule is CC(C)(C)O.Cc1nc(C)c(-c2ccc3c(c2)CCN(c2cc(N4CCOCC4)ccn2)C3)c(N2CCC(C)(C)CC2)c1CC(=O)O. The largest absolute Gasteiger partial charge is 0.481 e. The van der Waals surface area contributed by atoms with E-state index in [4.69, 9.17) is 19.8 Å². The zero-order valence-corrected chi connectivity index (χ0v) is 29.4. The third-order valence-corrected chi connectivity index (χ3v) is 9.35. The third kappa shape index (κ3) is 8.82. The van der Waals surface area contributed by atoms with Gasteiger partial charge in [-0.1, -0.05) is 32.0 Å². The molecule has 2 fully saturated rings. The Morgan fingerprint density at radius 2 is 1.60 bits per heavy atom. The van der Waals surface area contributed by atoms with Gasteiger partial charge in [0.05, 0.1) is 30.9 Å². The van der Waals surface area contributed by atoms with Gasteiger partial charge < -0.3 is 29.6 Å². The molecule has 3 aromatic rings. The highest BCUT2D eigenvalue weighted by atomic mass is 16.5. The molecular formula is C38H53N5O4. The monoisotopic (exact) mass is 643 g/mol. The first-order valence-electron chi connectivity index (χ1n) is 17.0. The summed E-state index contributed by atoms with van der Waals surface area (Å²) in [5.41, 5.74) is 9.58. The summed E-state index contributed by atoms with van der Waals surface area (Å²) in [6.07, 6.45) is 5.00. The van der Waals surface area contributed by atoms with E-state index in [1.807, 2.05) is 13.1 Å². The molecule has 0 bridgehead atoms. The molecule has 0 saturated carbocycles. The summed E-state index contributed by atoms with van der Waals surface area (Å²) >= 11 is 0. The first kappa shape index (κ1) is 34.6. The molecule has 5 heterocycles. The summed E-state index contributed by atoms with van der Waals surface area (Å²) < 4.78 is 5.53.